The molecule has 0 amide bonds. The topological polar surface area (TPSA) is 90.2 Å². The Hall–Kier alpha value is -1.58. The maximum Gasteiger partial charge on any atom is 0.331 e. The maximum absolute atomic E-state index is 12.7. The average Bonchev–Trinajstić information content (AvgIpc) is 2.53. The number of hydrogen-bond donors (Lipinski definition) is 1. The summed E-state index contributed by atoms with van der Waals surface area (Å²) in [4.78, 5) is 25.0. The number of thioether (sulfide) groups is 1. The summed E-state index contributed by atoms with van der Waals surface area (Å²) in [6.45, 7) is 6.02. The second-order valence-electron chi connectivity index (χ2n) is 6.41. The van der Waals surface area contributed by atoms with E-state index in [0.717, 1.165) is 16.1 Å². The molecule has 0 radical (unpaired) electrons. The van der Waals surface area contributed by atoms with Crippen LogP contribution in [0.3, 0.4) is 0 Å². The summed E-state index contributed by atoms with van der Waals surface area (Å²) < 4.78 is 30.7. The molecule has 0 unspecified atom stereocenters. The third-order valence-corrected chi connectivity index (χ3v) is 7.68. The zero-order valence-electron chi connectivity index (χ0n) is 14.4. The Morgan fingerprint density at radius 3 is 2.32 bits per heavy atom. The van der Waals surface area contributed by atoms with Crippen LogP contribution in [0.15, 0.2) is 32.7 Å². The molecule has 1 N–H and O–H groups in total. The Morgan fingerprint density at radius 1 is 1.16 bits per heavy atom. The molecule has 1 fully saturated rings. The monoisotopic (exact) mass is 383 g/mol. The van der Waals surface area contributed by atoms with Gasteiger partial charge in [-0.2, -0.15) is 11.8 Å². The lowest BCUT2D eigenvalue weighted by Gasteiger charge is -2.37. The van der Waals surface area contributed by atoms with Crippen LogP contribution in [0.4, 0.5) is 0 Å². The van der Waals surface area contributed by atoms with Gasteiger partial charge in [0.25, 0.3) is 5.56 Å². The van der Waals surface area contributed by atoms with Crippen LogP contribution in [-0.2, 0) is 23.1 Å². The molecule has 25 heavy (non-hydrogen) atoms. The molecule has 1 aromatic heterocycles. The van der Waals surface area contributed by atoms with Crippen molar-refractivity contribution in [3.8, 4) is 0 Å². The van der Waals surface area contributed by atoms with Crippen molar-refractivity contribution in [3.05, 3.63) is 39.0 Å². The summed E-state index contributed by atoms with van der Waals surface area (Å²) >= 11 is 1.68. The molecule has 2 heterocycles. The fourth-order valence-corrected chi connectivity index (χ4v) is 5.58. The van der Waals surface area contributed by atoms with Crippen LogP contribution in [0.5, 0.6) is 0 Å². The summed E-state index contributed by atoms with van der Waals surface area (Å²) in [7, 11) is -3.74. The van der Waals surface area contributed by atoms with Crippen LogP contribution in [-0.4, -0.2) is 34.6 Å². The lowest BCUT2D eigenvalue weighted by Crippen LogP contribution is -2.55. The van der Waals surface area contributed by atoms with Gasteiger partial charge in [-0.25, -0.2) is 17.9 Å². The first-order valence-electron chi connectivity index (χ1n) is 8.11. The number of fused-ring (bicyclic) bond motifs is 1. The minimum absolute atomic E-state index is 0.0409. The molecule has 136 valence electrons. The molecule has 3 rings (SSSR count). The zero-order chi connectivity index (χ0) is 18.4. The highest BCUT2D eigenvalue weighted by atomic mass is 32.2. The van der Waals surface area contributed by atoms with E-state index in [9.17, 15) is 18.0 Å². The molecule has 2 aromatic rings. The molecule has 9 heteroatoms. The van der Waals surface area contributed by atoms with Crippen molar-refractivity contribution in [2.75, 3.05) is 11.5 Å². The normalized spacial score (nSPS) is 16.8. The van der Waals surface area contributed by atoms with E-state index in [2.05, 4.69) is 4.72 Å². The van der Waals surface area contributed by atoms with Crippen LogP contribution >= 0.6 is 11.8 Å². The van der Waals surface area contributed by atoms with E-state index in [-0.39, 0.29) is 22.5 Å². The van der Waals surface area contributed by atoms with Gasteiger partial charge in [-0.05, 0) is 39.0 Å². The van der Waals surface area contributed by atoms with E-state index in [1.165, 1.54) is 22.8 Å². The maximum atomic E-state index is 12.7. The van der Waals surface area contributed by atoms with Crippen molar-refractivity contribution in [3.63, 3.8) is 0 Å². The molecule has 1 aliphatic rings. The van der Waals surface area contributed by atoms with Crippen LogP contribution in [0.25, 0.3) is 10.9 Å². The van der Waals surface area contributed by atoms with E-state index >= 15 is 0 Å². The van der Waals surface area contributed by atoms with Gasteiger partial charge in [-0.15, -0.1) is 0 Å². The molecule has 7 nitrogen and oxygen atoms in total. The average molecular weight is 383 g/mol. The molecule has 0 aliphatic carbocycles. The second kappa shape index (κ2) is 6.30. The summed E-state index contributed by atoms with van der Waals surface area (Å²) in [5, 5.41) is 0.235. The second-order valence-corrected chi connectivity index (χ2v) is 9.08. The van der Waals surface area contributed by atoms with Crippen LogP contribution < -0.4 is 16.0 Å². The van der Waals surface area contributed by atoms with E-state index < -0.39 is 21.1 Å². The number of aromatic nitrogens is 2. The molecule has 0 bridgehead atoms. The van der Waals surface area contributed by atoms with E-state index in [1.807, 2.05) is 13.8 Å². The number of sulfonamides is 1. The predicted molar refractivity (Wildman–Crippen MR) is 99.9 cm³/mol. The summed E-state index contributed by atoms with van der Waals surface area (Å²) in [5.74, 6) is 1.44. The third-order valence-electron chi connectivity index (χ3n) is 4.36. The Bertz CT molecular complexity index is 1050. The minimum atomic E-state index is -3.74. The van der Waals surface area contributed by atoms with E-state index in [1.54, 1.807) is 18.7 Å². The fourth-order valence-electron chi connectivity index (χ4n) is 3.00. The fraction of sp³-hybridized carbons (Fsp3) is 0.500. The van der Waals surface area contributed by atoms with Crippen molar-refractivity contribution < 1.29 is 8.42 Å². The van der Waals surface area contributed by atoms with Crippen molar-refractivity contribution in [2.24, 2.45) is 0 Å². The smallest absolute Gasteiger partial charge is 0.293 e. The molecule has 0 saturated carbocycles. The summed E-state index contributed by atoms with van der Waals surface area (Å²) in [5.41, 5.74) is -0.846. The van der Waals surface area contributed by atoms with Crippen molar-refractivity contribution in [1.29, 1.82) is 0 Å². The van der Waals surface area contributed by atoms with Gasteiger partial charge in [0.15, 0.2) is 0 Å². The Labute approximate surface area is 150 Å². The van der Waals surface area contributed by atoms with Crippen LogP contribution in [0.1, 0.15) is 20.8 Å². The number of nitrogens with one attached hydrogen (secondary N) is 1. The van der Waals surface area contributed by atoms with Gasteiger partial charge >= 0.3 is 5.69 Å². The van der Waals surface area contributed by atoms with Crippen molar-refractivity contribution in [1.82, 2.24) is 13.9 Å². The zero-order valence-corrected chi connectivity index (χ0v) is 16.0. The lowest BCUT2D eigenvalue weighted by molar-refractivity contribution is 0.486. The van der Waals surface area contributed by atoms with Crippen LogP contribution in [0.2, 0.25) is 0 Å². The molecule has 0 atom stereocenters. The van der Waals surface area contributed by atoms with Gasteiger partial charge in [0.05, 0.1) is 15.8 Å². The number of benzene rings is 1. The summed E-state index contributed by atoms with van der Waals surface area (Å²) in [6, 6.07) is 4.35. The molecular weight excluding hydrogens is 362 g/mol. The number of nitrogens with zero attached hydrogens (tertiary/aromatic N) is 2. The van der Waals surface area contributed by atoms with Crippen molar-refractivity contribution in [2.45, 2.75) is 44.3 Å². The van der Waals surface area contributed by atoms with E-state index in [4.69, 9.17) is 0 Å². The number of aryl methyl sites for hydroxylation is 1. The van der Waals surface area contributed by atoms with Gasteiger partial charge < -0.3 is 0 Å². The SMILES string of the molecule is CCn1c(=O)c2cc(S(=O)(=O)NC3(C)CSC3)ccc2n(CC)c1=O. The lowest BCUT2D eigenvalue weighted by atomic mass is 10.1. The quantitative estimate of drug-likeness (QED) is 0.831. The van der Waals surface area contributed by atoms with Gasteiger partial charge in [-0.1, -0.05) is 0 Å². The third kappa shape index (κ3) is 3.04. The minimum Gasteiger partial charge on any atom is -0.293 e. The Kier molecular flexibility index (Phi) is 4.59. The molecular formula is C16H21N3O4S2. The van der Waals surface area contributed by atoms with Gasteiger partial charge in [-0.3, -0.25) is 13.9 Å². The molecule has 1 aliphatic heterocycles. The Balaban J connectivity index is 2.20. The predicted octanol–water partition coefficient (Wildman–Crippen LogP) is 0.987. The van der Waals surface area contributed by atoms with E-state index in [0.29, 0.717) is 12.1 Å². The largest absolute Gasteiger partial charge is 0.331 e. The first kappa shape index (κ1) is 18.2. The highest BCUT2D eigenvalue weighted by molar-refractivity contribution is 8.01. The van der Waals surface area contributed by atoms with Crippen LogP contribution in [0, 0.1) is 0 Å². The van der Waals surface area contributed by atoms with Crippen molar-refractivity contribution >= 4 is 32.7 Å². The molecule has 1 saturated heterocycles. The van der Waals surface area contributed by atoms with Gasteiger partial charge in [0, 0.05) is 30.1 Å². The summed E-state index contributed by atoms with van der Waals surface area (Å²) in [6.07, 6.45) is 0. The standard InChI is InChI=1S/C16H21N3O4S2/c1-4-18-13-7-6-11(25(22,23)17-16(3)9-24-10-16)8-12(13)14(20)19(5-2)15(18)21/h6-8,17H,4-5,9-10H2,1-3H3. The molecule has 0 spiro atoms. The number of hydrogen-bond acceptors (Lipinski definition) is 5. The van der Waals surface area contributed by atoms with Gasteiger partial charge in [0.1, 0.15) is 0 Å². The Morgan fingerprint density at radius 2 is 1.80 bits per heavy atom. The highest BCUT2D eigenvalue weighted by Gasteiger charge is 2.37. The first-order valence-corrected chi connectivity index (χ1v) is 10.8. The number of rotatable bonds is 5. The highest BCUT2D eigenvalue weighted by Crippen LogP contribution is 2.30. The first-order chi connectivity index (χ1) is 11.7. The van der Waals surface area contributed by atoms with Gasteiger partial charge in [0.2, 0.25) is 10.0 Å². The molecule has 1 aromatic carbocycles.